The van der Waals surface area contributed by atoms with E-state index in [1.807, 2.05) is 13.2 Å². The van der Waals surface area contributed by atoms with Crippen molar-refractivity contribution in [2.45, 2.75) is 32.9 Å². The number of rotatable bonds is 3. The molecule has 166 valence electrons. The molecular formula is C22H25FN8O. The van der Waals surface area contributed by atoms with E-state index in [9.17, 15) is 9.18 Å². The highest BCUT2D eigenvalue weighted by molar-refractivity contribution is 6.12. The zero-order valence-corrected chi connectivity index (χ0v) is 18.4. The summed E-state index contributed by atoms with van der Waals surface area (Å²) in [5.74, 6) is -0.956. The minimum atomic E-state index is -0.510. The Balaban J connectivity index is 1.50. The van der Waals surface area contributed by atoms with Gasteiger partial charge in [0.05, 0.1) is 23.3 Å². The Hall–Kier alpha value is -3.53. The molecule has 10 heteroatoms. The summed E-state index contributed by atoms with van der Waals surface area (Å²) >= 11 is 0. The number of fused-ring (bicyclic) bond motifs is 2. The zero-order valence-electron chi connectivity index (χ0n) is 18.4. The second kappa shape index (κ2) is 7.56. The van der Waals surface area contributed by atoms with Crippen molar-refractivity contribution in [3.8, 4) is 0 Å². The van der Waals surface area contributed by atoms with Crippen molar-refractivity contribution in [2.24, 2.45) is 7.05 Å². The zero-order chi connectivity index (χ0) is 22.6. The molecule has 0 spiro atoms. The summed E-state index contributed by atoms with van der Waals surface area (Å²) in [6, 6.07) is 1.93. The monoisotopic (exact) mass is 436 g/mol. The summed E-state index contributed by atoms with van der Waals surface area (Å²) in [5, 5.41) is 11.6. The van der Waals surface area contributed by atoms with Gasteiger partial charge in [-0.15, -0.1) is 0 Å². The maximum Gasteiger partial charge on any atom is 0.276 e. The summed E-state index contributed by atoms with van der Waals surface area (Å²) in [5.41, 5.74) is 2.89. The first-order valence-corrected chi connectivity index (χ1v) is 10.6. The Kier molecular flexibility index (Phi) is 4.81. The summed E-state index contributed by atoms with van der Waals surface area (Å²) in [6.07, 6.45) is 6.96. The van der Waals surface area contributed by atoms with Crippen LogP contribution in [-0.4, -0.2) is 55.2 Å². The Labute approximate surface area is 184 Å². The van der Waals surface area contributed by atoms with Gasteiger partial charge in [-0.2, -0.15) is 5.10 Å². The molecule has 5 heterocycles. The predicted molar refractivity (Wildman–Crippen MR) is 121 cm³/mol. The highest BCUT2D eigenvalue weighted by Crippen LogP contribution is 2.29. The smallest absolute Gasteiger partial charge is 0.276 e. The van der Waals surface area contributed by atoms with Crippen LogP contribution in [0.15, 0.2) is 30.9 Å². The highest BCUT2D eigenvalue weighted by Gasteiger charge is 2.25. The first kappa shape index (κ1) is 20.4. The van der Waals surface area contributed by atoms with E-state index in [0.29, 0.717) is 29.0 Å². The molecule has 0 aliphatic carbocycles. The number of piperazine rings is 1. The van der Waals surface area contributed by atoms with Crippen molar-refractivity contribution >= 4 is 33.8 Å². The number of nitrogens with one attached hydrogen (secondary N) is 2. The number of pyridine rings is 2. The van der Waals surface area contributed by atoms with Crippen molar-refractivity contribution in [2.75, 3.05) is 23.3 Å². The lowest BCUT2D eigenvalue weighted by atomic mass is 10.1. The van der Waals surface area contributed by atoms with Crippen LogP contribution in [0.1, 0.15) is 30.0 Å². The van der Waals surface area contributed by atoms with Gasteiger partial charge in [0.25, 0.3) is 5.91 Å². The molecule has 5 rings (SSSR count). The molecule has 1 saturated heterocycles. The van der Waals surface area contributed by atoms with Crippen molar-refractivity contribution < 1.29 is 9.18 Å². The number of carbonyl (C=O) groups is 1. The summed E-state index contributed by atoms with van der Waals surface area (Å²) < 4.78 is 17.7. The third kappa shape index (κ3) is 3.56. The average molecular weight is 436 g/mol. The number of carbonyl (C=O) groups excluding carboxylic acids is 1. The van der Waals surface area contributed by atoms with Crippen LogP contribution in [0.5, 0.6) is 0 Å². The highest BCUT2D eigenvalue weighted by atomic mass is 19.1. The number of anilines is 2. The molecule has 2 atom stereocenters. The topological polar surface area (TPSA) is 92.4 Å². The van der Waals surface area contributed by atoms with Crippen LogP contribution < -0.4 is 15.5 Å². The molecule has 0 radical (unpaired) electrons. The van der Waals surface area contributed by atoms with Gasteiger partial charge in [-0.25, -0.2) is 14.4 Å². The first-order chi connectivity index (χ1) is 15.3. The van der Waals surface area contributed by atoms with Gasteiger partial charge in [0.2, 0.25) is 0 Å². The molecule has 0 bridgehead atoms. The molecule has 9 nitrogen and oxygen atoms in total. The fraction of sp³-hybridized carbons (Fsp3) is 0.364. The van der Waals surface area contributed by atoms with Gasteiger partial charge in [0, 0.05) is 62.3 Å². The average Bonchev–Trinajstić information content (AvgIpc) is 3.28. The van der Waals surface area contributed by atoms with Gasteiger partial charge in [0.15, 0.2) is 17.2 Å². The molecule has 1 aliphatic heterocycles. The molecule has 1 fully saturated rings. The standard InChI is InChI=1S/C22H25FN8O/c1-12-7-30(8-13(2)25-12)18-6-24-20(19-16(18)11-29(4)28-19)22(32)27-15-5-17(23)21-26-14(3)9-31(21)10-15/h5-6,9-13,25H,7-8H2,1-4H3,(H,27,32)/t12-,13-/m1/s1. The number of amides is 1. The molecule has 1 aliphatic rings. The van der Waals surface area contributed by atoms with Gasteiger partial charge in [0.1, 0.15) is 5.52 Å². The second-order valence-electron chi connectivity index (χ2n) is 8.57. The van der Waals surface area contributed by atoms with Crippen LogP contribution in [-0.2, 0) is 7.05 Å². The van der Waals surface area contributed by atoms with E-state index in [0.717, 1.165) is 24.2 Å². The van der Waals surface area contributed by atoms with Crippen LogP contribution in [0.3, 0.4) is 0 Å². The quantitative estimate of drug-likeness (QED) is 0.513. The van der Waals surface area contributed by atoms with E-state index in [1.165, 1.54) is 6.07 Å². The van der Waals surface area contributed by atoms with Crippen LogP contribution in [0.4, 0.5) is 15.8 Å². The fourth-order valence-electron chi connectivity index (χ4n) is 4.49. The van der Waals surface area contributed by atoms with E-state index < -0.39 is 11.7 Å². The lowest BCUT2D eigenvalue weighted by Gasteiger charge is -2.37. The van der Waals surface area contributed by atoms with Gasteiger partial charge in [-0.3, -0.25) is 9.48 Å². The van der Waals surface area contributed by atoms with Crippen molar-refractivity contribution in [3.05, 3.63) is 48.1 Å². The molecular weight excluding hydrogens is 411 g/mol. The van der Waals surface area contributed by atoms with E-state index in [1.54, 1.807) is 34.6 Å². The Morgan fingerprint density at radius 2 is 1.97 bits per heavy atom. The number of aryl methyl sites for hydroxylation is 2. The maximum atomic E-state index is 14.4. The summed E-state index contributed by atoms with van der Waals surface area (Å²) in [4.78, 5) is 24.0. The summed E-state index contributed by atoms with van der Waals surface area (Å²) in [7, 11) is 1.82. The van der Waals surface area contributed by atoms with Gasteiger partial charge in [-0.05, 0) is 20.8 Å². The lowest BCUT2D eigenvalue weighted by molar-refractivity contribution is 0.102. The van der Waals surface area contributed by atoms with Gasteiger partial charge >= 0.3 is 0 Å². The van der Waals surface area contributed by atoms with Crippen molar-refractivity contribution in [1.29, 1.82) is 0 Å². The van der Waals surface area contributed by atoms with E-state index >= 15 is 0 Å². The van der Waals surface area contributed by atoms with Crippen LogP contribution in [0.2, 0.25) is 0 Å². The number of hydrogen-bond donors (Lipinski definition) is 2. The normalized spacial score (nSPS) is 19.1. The minimum Gasteiger partial charge on any atom is -0.367 e. The van der Waals surface area contributed by atoms with Crippen molar-refractivity contribution in [1.82, 2.24) is 29.5 Å². The van der Waals surface area contributed by atoms with Crippen LogP contribution >= 0.6 is 0 Å². The Morgan fingerprint density at radius 1 is 1.22 bits per heavy atom. The molecule has 1 amide bonds. The molecule has 4 aromatic rings. The first-order valence-electron chi connectivity index (χ1n) is 10.6. The van der Waals surface area contributed by atoms with Gasteiger partial charge in [-0.1, -0.05) is 0 Å². The van der Waals surface area contributed by atoms with E-state index in [-0.39, 0.29) is 11.3 Å². The Morgan fingerprint density at radius 3 is 2.72 bits per heavy atom. The molecule has 0 unspecified atom stereocenters. The maximum absolute atomic E-state index is 14.4. The largest absolute Gasteiger partial charge is 0.367 e. The van der Waals surface area contributed by atoms with E-state index in [4.69, 9.17) is 0 Å². The molecule has 32 heavy (non-hydrogen) atoms. The molecule has 0 saturated carbocycles. The number of aromatic nitrogens is 5. The summed E-state index contributed by atoms with van der Waals surface area (Å²) in [6.45, 7) is 7.76. The number of halogens is 1. The second-order valence-corrected chi connectivity index (χ2v) is 8.57. The minimum absolute atomic E-state index is 0.197. The Bertz CT molecular complexity index is 1330. The third-order valence-electron chi connectivity index (χ3n) is 5.64. The van der Waals surface area contributed by atoms with Crippen LogP contribution in [0, 0.1) is 12.7 Å². The van der Waals surface area contributed by atoms with E-state index in [2.05, 4.69) is 44.4 Å². The molecule has 4 aromatic heterocycles. The van der Waals surface area contributed by atoms with Crippen molar-refractivity contribution in [3.63, 3.8) is 0 Å². The number of imidazole rings is 1. The third-order valence-corrected chi connectivity index (χ3v) is 5.64. The fourth-order valence-corrected chi connectivity index (χ4v) is 4.49. The number of hydrogen-bond acceptors (Lipinski definition) is 6. The van der Waals surface area contributed by atoms with Crippen LogP contribution in [0.25, 0.3) is 16.6 Å². The SMILES string of the molecule is Cc1cn2cc(NC(=O)c3ncc(N4C[C@@H](C)N[C@H](C)C4)c4cn(C)nc34)cc(F)c2n1. The van der Waals surface area contributed by atoms with Gasteiger partial charge < -0.3 is 19.9 Å². The predicted octanol–water partition coefficient (Wildman–Crippen LogP) is 2.50. The lowest BCUT2D eigenvalue weighted by Crippen LogP contribution is -2.54. The number of nitrogens with zero attached hydrogens (tertiary/aromatic N) is 6. The molecule has 0 aromatic carbocycles. The molecule has 2 N–H and O–H groups in total.